The lowest BCUT2D eigenvalue weighted by molar-refractivity contribution is 0.591. The van der Waals surface area contributed by atoms with E-state index in [1.54, 1.807) is 11.5 Å². The largest absolute Gasteiger partial charge is 0.316 e. The Balaban J connectivity index is 1.87. The van der Waals surface area contributed by atoms with Gasteiger partial charge in [-0.25, -0.2) is 0 Å². The molecule has 1 N–H and O–H groups in total. The van der Waals surface area contributed by atoms with Crippen LogP contribution in [0.1, 0.15) is 6.04 Å². The first-order valence-electron chi connectivity index (χ1n) is 5.67. The number of rotatable bonds is 1. The number of piperidine rings is 1. The van der Waals surface area contributed by atoms with Gasteiger partial charge >= 0.3 is 0 Å². The molecule has 1 aromatic carbocycles. The zero-order valence-corrected chi connectivity index (χ0v) is 9.54. The van der Waals surface area contributed by atoms with Crippen molar-refractivity contribution < 1.29 is 0 Å². The number of benzene rings is 1. The van der Waals surface area contributed by atoms with E-state index in [2.05, 4.69) is 5.32 Å². The molecule has 1 saturated carbocycles. The molecule has 2 atom stereocenters. The first kappa shape index (κ1) is 8.96. The minimum absolute atomic E-state index is 0.208. The molecule has 4 heteroatoms. The van der Waals surface area contributed by atoms with Gasteiger partial charge in [0.25, 0.3) is 5.56 Å². The fourth-order valence-electron chi connectivity index (χ4n) is 2.92. The van der Waals surface area contributed by atoms with E-state index in [9.17, 15) is 4.79 Å². The monoisotopic (exact) mass is 232 g/mol. The lowest BCUT2D eigenvalue weighted by Gasteiger charge is -2.02. The smallest absolute Gasteiger partial charge is 0.268 e. The third kappa shape index (κ3) is 1.03. The molecule has 3 nitrogen and oxygen atoms in total. The lowest BCUT2D eigenvalue weighted by atomic mass is 10.3. The maximum Gasteiger partial charge on any atom is 0.268 e. The Morgan fingerprint density at radius 3 is 2.75 bits per heavy atom. The SMILES string of the molecule is O=c1c2ccccc2sn1C1C2CNCC21. The Kier molecular flexibility index (Phi) is 1.66. The molecule has 82 valence electrons. The first-order valence-corrected chi connectivity index (χ1v) is 6.45. The summed E-state index contributed by atoms with van der Waals surface area (Å²) in [4.78, 5) is 12.2. The van der Waals surface area contributed by atoms with Crippen LogP contribution in [-0.2, 0) is 0 Å². The van der Waals surface area contributed by atoms with Gasteiger partial charge in [-0.1, -0.05) is 23.7 Å². The molecule has 2 fully saturated rings. The van der Waals surface area contributed by atoms with Gasteiger partial charge in [0.1, 0.15) is 0 Å². The van der Waals surface area contributed by atoms with Crippen molar-refractivity contribution >= 4 is 21.6 Å². The molecule has 0 amide bonds. The highest BCUT2D eigenvalue weighted by Crippen LogP contribution is 2.52. The third-order valence-electron chi connectivity index (χ3n) is 3.83. The minimum Gasteiger partial charge on any atom is -0.316 e. The van der Waals surface area contributed by atoms with E-state index in [1.165, 1.54) is 0 Å². The number of nitrogens with zero attached hydrogens (tertiary/aromatic N) is 1. The first-order chi connectivity index (χ1) is 7.86. The molecule has 1 aromatic heterocycles. The molecule has 0 radical (unpaired) electrons. The summed E-state index contributed by atoms with van der Waals surface area (Å²) in [6.07, 6.45) is 0. The van der Waals surface area contributed by atoms with Crippen molar-refractivity contribution in [3.63, 3.8) is 0 Å². The van der Waals surface area contributed by atoms with Crippen LogP contribution < -0.4 is 10.9 Å². The van der Waals surface area contributed by atoms with Crippen LogP contribution in [0.3, 0.4) is 0 Å². The molecule has 2 aliphatic rings. The number of hydrogen-bond acceptors (Lipinski definition) is 3. The summed E-state index contributed by atoms with van der Waals surface area (Å²) >= 11 is 1.63. The summed E-state index contributed by atoms with van der Waals surface area (Å²) in [5, 5.41) is 4.24. The Morgan fingerprint density at radius 2 is 2.00 bits per heavy atom. The molecule has 2 unspecified atom stereocenters. The molecular weight excluding hydrogens is 220 g/mol. The summed E-state index contributed by atoms with van der Waals surface area (Å²) in [5.41, 5.74) is 0.208. The van der Waals surface area contributed by atoms with Gasteiger partial charge in [-0.3, -0.25) is 8.75 Å². The summed E-state index contributed by atoms with van der Waals surface area (Å²) in [6, 6.07) is 8.38. The molecule has 16 heavy (non-hydrogen) atoms. The third-order valence-corrected chi connectivity index (χ3v) is 4.99. The molecule has 0 spiro atoms. The minimum atomic E-state index is 0.208. The Bertz CT molecular complexity index is 605. The van der Waals surface area contributed by atoms with E-state index in [0.29, 0.717) is 17.9 Å². The van der Waals surface area contributed by atoms with Crippen molar-refractivity contribution in [1.82, 2.24) is 9.27 Å². The van der Waals surface area contributed by atoms with Crippen LogP contribution in [0.4, 0.5) is 0 Å². The van der Waals surface area contributed by atoms with Gasteiger partial charge in [-0.2, -0.15) is 0 Å². The van der Waals surface area contributed by atoms with Gasteiger partial charge in [-0.15, -0.1) is 0 Å². The molecule has 4 rings (SSSR count). The lowest BCUT2D eigenvalue weighted by Crippen LogP contribution is -2.20. The van der Waals surface area contributed by atoms with Crippen molar-refractivity contribution in [2.75, 3.05) is 13.1 Å². The van der Waals surface area contributed by atoms with Crippen molar-refractivity contribution in [3.05, 3.63) is 34.6 Å². The molecule has 0 bridgehead atoms. The second kappa shape index (κ2) is 2.96. The van der Waals surface area contributed by atoms with Gasteiger partial charge in [0.05, 0.1) is 16.1 Å². The van der Waals surface area contributed by atoms with Crippen molar-refractivity contribution in [2.45, 2.75) is 6.04 Å². The number of nitrogens with one attached hydrogen (secondary N) is 1. The highest BCUT2D eigenvalue weighted by Gasteiger charge is 2.55. The maximum absolute atomic E-state index is 12.2. The van der Waals surface area contributed by atoms with Crippen LogP contribution in [-0.4, -0.2) is 17.0 Å². The van der Waals surface area contributed by atoms with Crippen molar-refractivity contribution in [3.8, 4) is 0 Å². The number of hydrogen-bond donors (Lipinski definition) is 1. The van der Waals surface area contributed by atoms with Crippen LogP contribution in [0, 0.1) is 11.8 Å². The normalized spacial score (nSPS) is 31.9. The number of fused-ring (bicyclic) bond motifs is 2. The second-order valence-corrected chi connectivity index (χ2v) is 5.71. The summed E-state index contributed by atoms with van der Waals surface area (Å²) in [5.74, 6) is 1.40. The van der Waals surface area contributed by atoms with Crippen LogP contribution in [0.25, 0.3) is 10.1 Å². The average molecular weight is 232 g/mol. The zero-order valence-electron chi connectivity index (χ0n) is 8.72. The van der Waals surface area contributed by atoms with Gasteiger partial charge in [0.15, 0.2) is 0 Å². The van der Waals surface area contributed by atoms with Crippen LogP contribution in [0.15, 0.2) is 29.1 Å². The summed E-state index contributed by atoms with van der Waals surface area (Å²) in [6.45, 7) is 2.16. The average Bonchev–Trinajstić information content (AvgIpc) is 2.70. The van der Waals surface area contributed by atoms with Gasteiger partial charge in [-0.05, 0) is 24.0 Å². The van der Waals surface area contributed by atoms with Crippen molar-refractivity contribution in [1.29, 1.82) is 0 Å². The standard InChI is InChI=1S/C12H12N2OS/c15-12-7-3-1-2-4-10(7)16-14(12)11-8-5-13-6-9(8)11/h1-4,8-9,11,13H,5-6H2. The van der Waals surface area contributed by atoms with E-state index in [4.69, 9.17) is 0 Å². The van der Waals surface area contributed by atoms with E-state index in [1.807, 2.05) is 28.2 Å². The highest BCUT2D eigenvalue weighted by atomic mass is 32.1. The van der Waals surface area contributed by atoms with Gasteiger partial charge in [0, 0.05) is 13.1 Å². The van der Waals surface area contributed by atoms with E-state index in [0.717, 1.165) is 23.2 Å². The highest BCUT2D eigenvalue weighted by molar-refractivity contribution is 7.13. The second-order valence-electron chi connectivity index (χ2n) is 4.69. The Hall–Kier alpha value is -1.13. The molecular formula is C12H12N2OS. The molecule has 2 aromatic rings. The molecule has 1 saturated heterocycles. The Labute approximate surface area is 96.8 Å². The fourth-order valence-corrected chi connectivity index (χ4v) is 4.14. The molecule has 1 aliphatic carbocycles. The molecule has 1 aliphatic heterocycles. The Morgan fingerprint density at radius 1 is 1.25 bits per heavy atom. The van der Waals surface area contributed by atoms with Crippen LogP contribution in [0.5, 0.6) is 0 Å². The topological polar surface area (TPSA) is 34.0 Å². The number of aromatic nitrogens is 1. The summed E-state index contributed by atoms with van der Waals surface area (Å²) in [7, 11) is 0. The van der Waals surface area contributed by atoms with Crippen molar-refractivity contribution in [2.24, 2.45) is 11.8 Å². The van der Waals surface area contributed by atoms with E-state index < -0.39 is 0 Å². The quantitative estimate of drug-likeness (QED) is 0.807. The van der Waals surface area contributed by atoms with Crippen LogP contribution >= 0.6 is 11.5 Å². The van der Waals surface area contributed by atoms with Gasteiger partial charge < -0.3 is 5.32 Å². The maximum atomic E-state index is 12.2. The van der Waals surface area contributed by atoms with E-state index >= 15 is 0 Å². The molecule has 2 heterocycles. The van der Waals surface area contributed by atoms with Crippen LogP contribution in [0.2, 0.25) is 0 Å². The predicted octanol–water partition coefficient (Wildman–Crippen LogP) is 1.45. The predicted molar refractivity (Wildman–Crippen MR) is 65.0 cm³/mol. The van der Waals surface area contributed by atoms with E-state index in [-0.39, 0.29) is 5.56 Å². The fraction of sp³-hybridized carbons (Fsp3) is 0.417. The zero-order chi connectivity index (χ0) is 10.7. The summed E-state index contributed by atoms with van der Waals surface area (Å²) < 4.78 is 3.12. The van der Waals surface area contributed by atoms with Gasteiger partial charge in [0.2, 0.25) is 0 Å².